The van der Waals surface area contributed by atoms with Gasteiger partial charge in [-0.3, -0.25) is 19.4 Å². The molecule has 2 fully saturated rings. The van der Waals surface area contributed by atoms with Gasteiger partial charge < -0.3 is 20.3 Å². The highest BCUT2D eigenvalue weighted by Gasteiger charge is 2.19. The second kappa shape index (κ2) is 10.6. The standard InChI is InChI=1S/C24H31N5O4/c1-16-20(23(32)28-24(25-16)29-12-14-33-15-13-29)10-11-21(30)26-19-8-6-17(7-9-19)22(31)27-18-4-2-3-5-18/h6-9,18H,2-5,10-15H2,1H3,(H,26,30)(H,27,31)(H,25,28,32). The molecule has 2 amide bonds. The first kappa shape index (κ1) is 23.0. The quantitative estimate of drug-likeness (QED) is 0.592. The van der Waals surface area contributed by atoms with Crippen LogP contribution in [0.1, 0.15) is 53.7 Å². The van der Waals surface area contributed by atoms with Gasteiger partial charge >= 0.3 is 0 Å². The molecule has 3 N–H and O–H groups in total. The summed E-state index contributed by atoms with van der Waals surface area (Å²) in [5.41, 5.74) is 2.12. The van der Waals surface area contributed by atoms with E-state index < -0.39 is 0 Å². The third kappa shape index (κ3) is 5.98. The highest BCUT2D eigenvalue weighted by atomic mass is 16.5. The van der Waals surface area contributed by atoms with Gasteiger partial charge in [-0.25, -0.2) is 4.98 Å². The fraction of sp³-hybridized carbons (Fsp3) is 0.500. The number of hydrogen-bond acceptors (Lipinski definition) is 6. The van der Waals surface area contributed by atoms with Gasteiger partial charge in [0.1, 0.15) is 0 Å². The third-order valence-corrected chi connectivity index (χ3v) is 6.24. The average molecular weight is 454 g/mol. The zero-order valence-corrected chi connectivity index (χ0v) is 19.0. The highest BCUT2D eigenvalue weighted by molar-refractivity contribution is 5.96. The lowest BCUT2D eigenvalue weighted by Crippen LogP contribution is -2.38. The molecule has 0 radical (unpaired) electrons. The van der Waals surface area contributed by atoms with Crippen LogP contribution in [0.15, 0.2) is 29.1 Å². The summed E-state index contributed by atoms with van der Waals surface area (Å²) in [7, 11) is 0. The molecule has 0 atom stereocenters. The van der Waals surface area contributed by atoms with Crippen LogP contribution in [0.3, 0.4) is 0 Å². The summed E-state index contributed by atoms with van der Waals surface area (Å²) < 4.78 is 5.34. The van der Waals surface area contributed by atoms with Crippen LogP contribution in [0.25, 0.3) is 0 Å². The average Bonchev–Trinajstić information content (AvgIpc) is 3.32. The molecule has 176 valence electrons. The van der Waals surface area contributed by atoms with Crippen molar-refractivity contribution in [3.8, 4) is 0 Å². The number of aryl methyl sites for hydroxylation is 1. The number of carbonyl (C=O) groups excluding carboxylic acids is 2. The minimum absolute atomic E-state index is 0.0810. The Bertz CT molecular complexity index is 1040. The molecular formula is C24H31N5O4. The van der Waals surface area contributed by atoms with Crippen LogP contribution in [-0.4, -0.2) is 54.1 Å². The lowest BCUT2D eigenvalue weighted by Gasteiger charge is -2.27. The smallest absolute Gasteiger partial charge is 0.255 e. The van der Waals surface area contributed by atoms with Crippen LogP contribution in [0.4, 0.5) is 11.6 Å². The van der Waals surface area contributed by atoms with Crippen LogP contribution >= 0.6 is 0 Å². The number of rotatable bonds is 7. The number of benzene rings is 1. The minimum Gasteiger partial charge on any atom is -0.378 e. The van der Waals surface area contributed by atoms with Crippen molar-refractivity contribution < 1.29 is 14.3 Å². The van der Waals surface area contributed by atoms with Crippen LogP contribution in [0.2, 0.25) is 0 Å². The van der Waals surface area contributed by atoms with E-state index in [0.29, 0.717) is 61.2 Å². The number of anilines is 2. The zero-order chi connectivity index (χ0) is 23.2. The fourth-order valence-electron chi connectivity index (χ4n) is 4.32. The minimum atomic E-state index is -0.214. The first-order chi connectivity index (χ1) is 16.0. The molecular weight excluding hydrogens is 422 g/mol. The number of carbonyl (C=O) groups is 2. The highest BCUT2D eigenvalue weighted by Crippen LogP contribution is 2.19. The summed E-state index contributed by atoms with van der Waals surface area (Å²) >= 11 is 0. The maximum absolute atomic E-state index is 12.6. The van der Waals surface area contributed by atoms with Gasteiger partial charge in [0.25, 0.3) is 11.5 Å². The predicted molar refractivity (Wildman–Crippen MR) is 126 cm³/mol. The Morgan fingerprint density at radius 3 is 2.52 bits per heavy atom. The molecule has 0 bridgehead atoms. The Kier molecular flexibility index (Phi) is 7.39. The number of aromatic amines is 1. The van der Waals surface area contributed by atoms with E-state index in [1.807, 2.05) is 4.90 Å². The molecule has 1 aliphatic heterocycles. The second-order valence-electron chi connectivity index (χ2n) is 8.63. The van der Waals surface area contributed by atoms with Gasteiger partial charge in [-0.2, -0.15) is 0 Å². The van der Waals surface area contributed by atoms with E-state index in [0.717, 1.165) is 25.7 Å². The fourth-order valence-corrected chi connectivity index (χ4v) is 4.32. The molecule has 9 nitrogen and oxygen atoms in total. The lowest BCUT2D eigenvalue weighted by atomic mass is 10.1. The molecule has 0 unspecified atom stereocenters. The first-order valence-electron chi connectivity index (χ1n) is 11.6. The molecule has 33 heavy (non-hydrogen) atoms. The van der Waals surface area contributed by atoms with E-state index in [2.05, 4.69) is 20.6 Å². The Hall–Kier alpha value is -3.20. The van der Waals surface area contributed by atoms with Crippen molar-refractivity contribution >= 4 is 23.5 Å². The number of nitrogens with one attached hydrogen (secondary N) is 3. The summed E-state index contributed by atoms with van der Waals surface area (Å²) in [6, 6.07) is 7.13. The molecule has 1 saturated carbocycles. The van der Waals surface area contributed by atoms with Gasteiger partial charge in [-0.05, 0) is 50.5 Å². The predicted octanol–water partition coefficient (Wildman–Crippen LogP) is 2.16. The van der Waals surface area contributed by atoms with Crippen LogP contribution in [0.5, 0.6) is 0 Å². The number of hydrogen-bond donors (Lipinski definition) is 3. The van der Waals surface area contributed by atoms with Gasteiger partial charge in [0, 0.05) is 48.1 Å². The molecule has 2 heterocycles. The van der Waals surface area contributed by atoms with E-state index in [1.54, 1.807) is 31.2 Å². The summed E-state index contributed by atoms with van der Waals surface area (Å²) in [4.78, 5) is 46.7. The van der Waals surface area contributed by atoms with Crippen molar-refractivity contribution in [3.05, 3.63) is 51.4 Å². The maximum Gasteiger partial charge on any atom is 0.255 e. The van der Waals surface area contributed by atoms with Crippen molar-refractivity contribution in [2.75, 3.05) is 36.5 Å². The van der Waals surface area contributed by atoms with Crippen molar-refractivity contribution in [2.24, 2.45) is 0 Å². The molecule has 4 rings (SSSR count). The van der Waals surface area contributed by atoms with Gasteiger partial charge in [0.05, 0.1) is 13.2 Å². The molecule has 1 saturated heterocycles. The molecule has 2 aromatic rings. The lowest BCUT2D eigenvalue weighted by molar-refractivity contribution is -0.116. The Morgan fingerprint density at radius 1 is 1.15 bits per heavy atom. The topological polar surface area (TPSA) is 116 Å². The summed E-state index contributed by atoms with van der Waals surface area (Å²) in [5, 5.41) is 5.88. The van der Waals surface area contributed by atoms with Crippen LogP contribution in [0, 0.1) is 6.92 Å². The van der Waals surface area contributed by atoms with E-state index >= 15 is 0 Å². The second-order valence-corrected chi connectivity index (χ2v) is 8.63. The monoisotopic (exact) mass is 453 g/mol. The van der Waals surface area contributed by atoms with Crippen molar-refractivity contribution in [1.82, 2.24) is 15.3 Å². The Labute approximate surface area is 192 Å². The van der Waals surface area contributed by atoms with E-state index in [4.69, 9.17) is 4.74 Å². The SMILES string of the molecule is Cc1nc(N2CCOCC2)[nH]c(=O)c1CCC(=O)Nc1ccc(C(=O)NC2CCCC2)cc1. The largest absolute Gasteiger partial charge is 0.378 e. The van der Waals surface area contributed by atoms with Crippen molar-refractivity contribution in [2.45, 2.75) is 51.5 Å². The van der Waals surface area contributed by atoms with Gasteiger partial charge in [-0.15, -0.1) is 0 Å². The van der Waals surface area contributed by atoms with E-state index in [-0.39, 0.29) is 29.8 Å². The molecule has 0 spiro atoms. The number of amides is 2. The summed E-state index contributed by atoms with van der Waals surface area (Å²) in [5.74, 6) is 0.266. The number of ether oxygens (including phenoxy) is 1. The zero-order valence-electron chi connectivity index (χ0n) is 19.0. The Balaban J connectivity index is 1.30. The van der Waals surface area contributed by atoms with Gasteiger partial charge in [0.15, 0.2) is 0 Å². The normalized spacial score (nSPS) is 16.6. The Morgan fingerprint density at radius 2 is 1.85 bits per heavy atom. The van der Waals surface area contributed by atoms with Crippen LogP contribution < -0.4 is 21.1 Å². The van der Waals surface area contributed by atoms with E-state index in [9.17, 15) is 14.4 Å². The number of H-pyrrole nitrogens is 1. The number of morpholine rings is 1. The number of nitrogens with zero attached hydrogens (tertiary/aromatic N) is 2. The molecule has 2 aliphatic rings. The van der Waals surface area contributed by atoms with Gasteiger partial charge in [-0.1, -0.05) is 12.8 Å². The molecule has 1 aromatic heterocycles. The third-order valence-electron chi connectivity index (χ3n) is 6.24. The number of aromatic nitrogens is 2. The van der Waals surface area contributed by atoms with Crippen molar-refractivity contribution in [3.63, 3.8) is 0 Å². The summed E-state index contributed by atoms with van der Waals surface area (Å²) in [6.45, 7) is 4.38. The first-order valence-corrected chi connectivity index (χ1v) is 11.6. The summed E-state index contributed by atoms with van der Waals surface area (Å²) in [6.07, 6.45) is 4.85. The van der Waals surface area contributed by atoms with E-state index in [1.165, 1.54) is 0 Å². The van der Waals surface area contributed by atoms with Crippen molar-refractivity contribution in [1.29, 1.82) is 0 Å². The maximum atomic E-state index is 12.6. The molecule has 9 heteroatoms. The van der Waals surface area contributed by atoms with Gasteiger partial charge in [0.2, 0.25) is 11.9 Å². The molecule has 1 aliphatic carbocycles. The molecule has 1 aromatic carbocycles. The van der Waals surface area contributed by atoms with Crippen LogP contribution in [-0.2, 0) is 16.0 Å².